The van der Waals surface area contributed by atoms with E-state index in [4.69, 9.17) is 0 Å². The van der Waals surface area contributed by atoms with Crippen molar-refractivity contribution in [3.8, 4) is 0 Å². The monoisotopic (exact) mass is 184 g/mol. The molecule has 3 rings (SSSR count). The van der Waals surface area contributed by atoms with Gasteiger partial charge in [0, 0.05) is 12.2 Å². The third kappa shape index (κ3) is 1.08. The first-order valence-electron chi connectivity index (χ1n) is 4.90. The van der Waals surface area contributed by atoms with Crippen molar-refractivity contribution in [2.45, 2.75) is 6.54 Å². The minimum absolute atomic E-state index is 0.866. The fourth-order valence-corrected chi connectivity index (χ4v) is 2.04. The van der Waals surface area contributed by atoms with Crippen molar-refractivity contribution in [1.82, 2.24) is 5.32 Å². The molecule has 0 aliphatic carbocycles. The third-order valence-electron chi connectivity index (χ3n) is 2.75. The van der Waals surface area contributed by atoms with E-state index < -0.39 is 0 Å². The summed E-state index contributed by atoms with van der Waals surface area (Å²) in [5.41, 5.74) is 2.65. The Morgan fingerprint density at radius 3 is 2.93 bits per heavy atom. The molecular weight excluding hydrogens is 172 g/mol. The van der Waals surface area contributed by atoms with E-state index >= 15 is 0 Å². The Morgan fingerprint density at radius 2 is 1.93 bits per heavy atom. The van der Waals surface area contributed by atoms with Crippen molar-refractivity contribution in [3.05, 3.63) is 42.0 Å². The Labute approximate surface area is 82.9 Å². The van der Waals surface area contributed by atoms with Crippen LogP contribution in [0.2, 0.25) is 0 Å². The SMILES string of the molecule is c1ccc2c3c(ccc2c1)NCNC3. The molecule has 1 heterocycles. The maximum atomic E-state index is 3.34. The van der Waals surface area contributed by atoms with Crippen LogP contribution in [-0.2, 0) is 6.54 Å². The summed E-state index contributed by atoms with van der Waals surface area (Å²) < 4.78 is 0. The summed E-state index contributed by atoms with van der Waals surface area (Å²) in [6, 6.07) is 12.9. The van der Waals surface area contributed by atoms with Gasteiger partial charge >= 0.3 is 0 Å². The van der Waals surface area contributed by atoms with Crippen LogP contribution in [0.25, 0.3) is 10.8 Å². The molecular formula is C12H12N2. The number of hydrogen-bond acceptors (Lipinski definition) is 2. The van der Waals surface area contributed by atoms with E-state index in [0.29, 0.717) is 0 Å². The fourth-order valence-electron chi connectivity index (χ4n) is 2.04. The summed E-state index contributed by atoms with van der Waals surface area (Å²) in [4.78, 5) is 0. The predicted octanol–water partition coefficient (Wildman–Crippen LogP) is 2.31. The van der Waals surface area contributed by atoms with Gasteiger partial charge in [0.15, 0.2) is 0 Å². The van der Waals surface area contributed by atoms with E-state index in [9.17, 15) is 0 Å². The Balaban J connectivity index is 2.34. The minimum Gasteiger partial charge on any atom is -0.372 e. The first-order chi connectivity index (χ1) is 6.95. The van der Waals surface area contributed by atoms with Crippen LogP contribution in [0.3, 0.4) is 0 Å². The molecule has 0 saturated heterocycles. The number of nitrogens with one attached hydrogen (secondary N) is 2. The van der Waals surface area contributed by atoms with Gasteiger partial charge in [-0.2, -0.15) is 0 Å². The van der Waals surface area contributed by atoms with Gasteiger partial charge in [0.1, 0.15) is 0 Å². The summed E-state index contributed by atoms with van der Waals surface area (Å²) in [5, 5.41) is 9.33. The van der Waals surface area contributed by atoms with Gasteiger partial charge in [-0.25, -0.2) is 0 Å². The van der Waals surface area contributed by atoms with Crippen LogP contribution in [0.4, 0.5) is 5.69 Å². The second-order valence-electron chi connectivity index (χ2n) is 3.59. The molecule has 14 heavy (non-hydrogen) atoms. The quantitative estimate of drug-likeness (QED) is 0.656. The molecule has 0 bridgehead atoms. The molecule has 2 heteroatoms. The second-order valence-corrected chi connectivity index (χ2v) is 3.59. The summed E-state index contributed by atoms with van der Waals surface area (Å²) in [5.74, 6) is 0. The van der Waals surface area contributed by atoms with E-state index in [-0.39, 0.29) is 0 Å². The Kier molecular flexibility index (Phi) is 1.67. The van der Waals surface area contributed by atoms with E-state index in [1.165, 1.54) is 22.0 Å². The maximum absolute atomic E-state index is 3.34. The zero-order chi connectivity index (χ0) is 9.38. The van der Waals surface area contributed by atoms with Crippen molar-refractivity contribution in [3.63, 3.8) is 0 Å². The van der Waals surface area contributed by atoms with E-state index in [2.05, 4.69) is 47.0 Å². The van der Waals surface area contributed by atoms with Crippen molar-refractivity contribution >= 4 is 16.5 Å². The second kappa shape index (κ2) is 3.00. The average Bonchev–Trinajstić information content (AvgIpc) is 2.29. The molecule has 70 valence electrons. The molecule has 0 aromatic heterocycles. The Hall–Kier alpha value is -1.54. The molecule has 0 saturated carbocycles. The highest BCUT2D eigenvalue weighted by atomic mass is 15.1. The minimum atomic E-state index is 0.866. The highest BCUT2D eigenvalue weighted by Crippen LogP contribution is 2.27. The van der Waals surface area contributed by atoms with Crippen molar-refractivity contribution in [2.75, 3.05) is 12.0 Å². The molecule has 2 aromatic rings. The molecule has 2 N–H and O–H groups in total. The number of hydrogen-bond donors (Lipinski definition) is 2. The number of anilines is 1. The lowest BCUT2D eigenvalue weighted by Crippen LogP contribution is -2.27. The zero-order valence-corrected chi connectivity index (χ0v) is 7.88. The summed E-state index contributed by atoms with van der Waals surface area (Å²) in [6.07, 6.45) is 0. The van der Waals surface area contributed by atoms with E-state index in [1.54, 1.807) is 0 Å². The normalized spacial score (nSPS) is 14.9. The lowest BCUT2D eigenvalue weighted by Gasteiger charge is -2.20. The van der Waals surface area contributed by atoms with E-state index in [0.717, 1.165) is 13.2 Å². The van der Waals surface area contributed by atoms with Gasteiger partial charge in [-0.05, 0) is 22.4 Å². The molecule has 0 fully saturated rings. The predicted molar refractivity (Wildman–Crippen MR) is 59.3 cm³/mol. The van der Waals surface area contributed by atoms with Crippen molar-refractivity contribution in [2.24, 2.45) is 0 Å². The lowest BCUT2D eigenvalue weighted by molar-refractivity contribution is 0.714. The number of rotatable bonds is 0. The molecule has 0 unspecified atom stereocenters. The molecule has 0 amide bonds. The van der Waals surface area contributed by atoms with Crippen LogP contribution >= 0.6 is 0 Å². The lowest BCUT2D eigenvalue weighted by atomic mass is 10.0. The highest BCUT2D eigenvalue weighted by Gasteiger charge is 2.09. The largest absolute Gasteiger partial charge is 0.372 e. The van der Waals surface area contributed by atoms with Gasteiger partial charge in [-0.15, -0.1) is 0 Å². The van der Waals surface area contributed by atoms with E-state index in [1.807, 2.05) is 0 Å². The highest BCUT2D eigenvalue weighted by molar-refractivity contribution is 5.90. The van der Waals surface area contributed by atoms with Crippen LogP contribution in [0.15, 0.2) is 36.4 Å². The summed E-state index contributed by atoms with van der Waals surface area (Å²) in [7, 11) is 0. The maximum Gasteiger partial charge on any atom is 0.0655 e. The van der Waals surface area contributed by atoms with Crippen LogP contribution in [0.1, 0.15) is 5.56 Å². The molecule has 2 aromatic carbocycles. The fraction of sp³-hybridized carbons (Fsp3) is 0.167. The zero-order valence-electron chi connectivity index (χ0n) is 7.88. The number of benzene rings is 2. The average molecular weight is 184 g/mol. The number of fused-ring (bicyclic) bond motifs is 3. The third-order valence-corrected chi connectivity index (χ3v) is 2.75. The van der Waals surface area contributed by atoms with Crippen LogP contribution < -0.4 is 10.6 Å². The van der Waals surface area contributed by atoms with Gasteiger partial charge in [0.25, 0.3) is 0 Å². The first kappa shape index (κ1) is 7.83. The van der Waals surface area contributed by atoms with Crippen molar-refractivity contribution < 1.29 is 0 Å². The molecule has 2 nitrogen and oxygen atoms in total. The summed E-state index contributed by atoms with van der Waals surface area (Å²) in [6.45, 7) is 1.83. The molecule has 0 radical (unpaired) electrons. The summed E-state index contributed by atoms with van der Waals surface area (Å²) >= 11 is 0. The molecule has 0 spiro atoms. The van der Waals surface area contributed by atoms with Crippen LogP contribution in [0.5, 0.6) is 0 Å². The van der Waals surface area contributed by atoms with Gasteiger partial charge in [-0.3, -0.25) is 5.32 Å². The molecule has 0 atom stereocenters. The molecule has 1 aliphatic heterocycles. The smallest absolute Gasteiger partial charge is 0.0655 e. The van der Waals surface area contributed by atoms with Crippen molar-refractivity contribution in [1.29, 1.82) is 0 Å². The standard InChI is InChI=1S/C12H12N2/c1-2-4-10-9(3-1)5-6-12-11(10)7-13-8-14-12/h1-6,13-14H,7-8H2. The Morgan fingerprint density at radius 1 is 1.00 bits per heavy atom. The van der Waals surface area contributed by atoms with Crippen LogP contribution in [0, 0.1) is 0 Å². The van der Waals surface area contributed by atoms with Crippen LogP contribution in [-0.4, -0.2) is 6.67 Å². The van der Waals surface area contributed by atoms with Gasteiger partial charge in [-0.1, -0.05) is 30.3 Å². The Bertz CT molecular complexity index is 477. The van der Waals surface area contributed by atoms with Gasteiger partial charge < -0.3 is 5.32 Å². The van der Waals surface area contributed by atoms with Gasteiger partial charge in [0.05, 0.1) is 6.67 Å². The topological polar surface area (TPSA) is 24.1 Å². The first-order valence-corrected chi connectivity index (χ1v) is 4.90. The van der Waals surface area contributed by atoms with Gasteiger partial charge in [0.2, 0.25) is 0 Å². The molecule has 1 aliphatic rings.